The topological polar surface area (TPSA) is 75.7 Å². The van der Waals surface area contributed by atoms with E-state index in [4.69, 9.17) is 0 Å². The van der Waals surface area contributed by atoms with Gasteiger partial charge in [-0.05, 0) is 48.2 Å². The first-order chi connectivity index (χ1) is 11.6. The predicted octanol–water partition coefficient (Wildman–Crippen LogP) is 3.11. The van der Waals surface area contributed by atoms with Gasteiger partial charge >= 0.3 is 5.97 Å². The van der Waals surface area contributed by atoms with E-state index in [1.807, 2.05) is 6.07 Å². The minimum atomic E-state index is -0.707. The van der Waals surface area contributed by atoms with Gasteiger partial charge in [0.25, 0.3) is 11.1 Å². The van der Waals surface area contributed by atoms with Gasteiger partial charge < -0.3 is 10.1 Å². The summed E-state index contributed by atoms with van der Waals surface area (Å²) >= 11 is 0.921. The van der Waals surface area contributed by atoms with Gasteiger partial charge in [0.15, 0.2) is 5.37 Å². The minimum absolute atomic E-state index is 0.324. The molecule has 1 heterocycles. The van der Waals surface area contributed by atoms with Crippen LogP contribution in [0, 0.1) is 0 Å². The van der Waals surface area contributed by atoms with E-state index in [0.717, 1.165) is 16.7 Å². The number of rotatable bonds is 4. The average molecular weight is 342 g/mol. The van der Waals surface area contributed by atoms with Crippen molar-refractivity contribution in [2.24, 2.45) is 0 Å². The molecule has 1 aliphatic heterocycles. The maximum Gasteiger partial charge on any atom is 0.337 e. The second kappa shape index (κ2) is 6.76. The van der Waals surface area contributed by atoms with E-state index in [-0.39, 0.29) is 11.1 Å². The van der Waals surface area contributed by atoms with Crippen molar-refractivity contribution in [1.29, 1.82) is 0 Å². The fourth-order valence-electron chi connectivity index (χ4n) is 2.28. The smallest absolute Gasteiger partial charge is 0.337 e. The fraction of sp³-hybridized carbons (Fsp3) is 0.118. The van der Waals surface area contributed by atoms with Gasteiger partial charge in [0.05, 0.1) is 18.4 Å². The molecular weight excluding hydrogens is 328 g/mol. The molecule has 122 valence electrons. The highest BCUT2D eigenvalue weighted by atomic mass is 32.2. The summed E-state index contributed by atoms with van der Waals surface area (Å²) < 4.78 is 4.63. The van der Waals surface area contributed by atoms with Gasteiger partial charge in [0, 0.05) is 5.69 Å². The Morgan fingerprint density at radius 1 is 1.08 bits per heavy atom. The molecule has 1 saturated heterocycles. The zero-order chi connectivity index (χ0) is 17.1. The number of nitrogens with one attached hydrogen (secondary N) is 1. The number of carbonyl (C=O) groups excluding carboxylic acids is 3. The van der Waals surface area contributed by atoms with Crippen LogP contribution in [-0.2, 0) is 9.53 Å². The van der Waals surface area contributed by atoms with Crippen molar-refractivity contribution in [2.75, 3.05) is 17.3 Å². The van der Waals surface area contributed by atoms with Gasteiger partial charge in [-0.1, -0.05) is 18.2 Å². The molecule has 0 aliphatic carbocycles. The van der Waals surface area contributed by atoms with E-state index in [1.165, 1.54) is 7.11 Å². The number of hydrogen-bond donors (Lipinski definition) is 1. The van der Waals surface area contributed by atoms with Crippen molar-refractivity contribution in [2.45, 2.75) is 5.37 Å². The third-order valence-electron chi connectivity index (χ3n) is 3.46. The molecule has 0 saturated carbocycles. The lowest BCUT2D eigenvalue weighted by Crippen LogP contribution is -2.34. The summed E-state index contributed by atoms with van der Waals surface area (Å²) in [5.74, 6) is -0.758. The molecule has 1 unspecified atom stereocenters. The highest BCUT2D eigenvalue weighted by Gasteiger charge is 2.40. The van der Waals surface area contributed by atoms with Gasteiger partial charge in [-0.3, -0.25) is 9.59 Å². The van der Waals surface area contributed by atoms with E-state index in [0.29, 0.717) is 16.9 Å². The third-order valence-corrected chi connectivity index (χ3v) is 4.40. The van der Waals surface area contributed by atoms with Crippen molar-refractivity contribution < 1.29 is 19.1 Å². The summed E-state index contributed by atoms with van der Waals surface area (Å²) in [6.07, 6.45) is 0. The van der Waals surface area contributed by atoms with Crippen molar-refractivity contribution in [3.63, 3.8) is 0 Å². The van der Waals surface area contributed by atoms with Crippen LogP contribution in [0.4, 0.5) is 16.2 Å². The zero-order valence-corrected chi connectivity index (χ0v) is 13.6. The molecule has 7 heteroatoms. The Labute approximate surface area is 142 Å². The van der Waals surface area contributed by atoms with Crippen LogP contribution < -0.4 is 10.2 Å². The predicted molar refractivity (Wildman–Crippen MR) is 92.1 cm³/mol. The minimum Gasteiger partial charge on any atom is -0.465 e. The number of benzene rings is 2. The lowest BCUT2D eigenvalue weighted by molar-refractivity contribution is -0.116. The van der Waals surface area contributed by atoms with Crippen LogP contribution in [0.25, 0.3) is 0 Å². The van der Waals surface area contributed by atoms with Crippen LogP contribution in [0.3, 0.4) is 0 Å². The maximum absolute atomic E-state index is 12.5. The molecule has 0 bridgehead atoms. The normalized spacial score (nSPS) is 17.0. The molecule has 3 rings (SSSR count). The number of amides is 2. The number of carbonyl (C=O) groups is 3. The molecule has 2 amide bonds. The lowest BCUT2D eigenvalue weighted by atomic mass is 10.2. The molecule has 0 radical (unpaired) electrons. The molecule has 1 atom stereocenters. The van der Waals surface area contributed by atoms with Crippen molar-refractivity contribution >= 4 is 40.3 Å². The van der Waals surface area contributed by atoms with Crippen LogP contribution in [-0.4, -0.2) is 29.6 Å². The fourth-order valence-corrected chi connectivity index (χ4v) is 3.19. The van der Waals surface area contributed by atoms with Gasteiger partial charge in [0.1, 0.15) is 0 Å². The molecule has 1 fully saturated rings. The van der Waals surface area contributed by atoms with E-state index in [9.17, 15) is 14.4 Å². The summed E-state index contributed by atoms with van der Waals surface area (Å²) in [7, 11) is 1.31. The van der Waals surface area contributed by atoms with E-state index >= 15 is 0 Å². The van der Waals surface area contributed by atoms with Crippen LogP contribution in [0.15, 0.2) is 54.6 Å². The highest BCUT2D eigenvalue weighted by molar-refractivity contribution is 8.16. The number of hydrogen-bond acceptors (Lipinski definition) is 6. The first kappa shape index (κ1) is 16.1. The number of imide groups is 1. The Bertz CT molecular complexity index is 777. The Balaban J connectivity index is 1.74. The monoisotopic (exact) mass is 342 g/mol. The van der Waals surface area contributed by atoms with E-state index in [1.54, 1.807) is 48.5 Å². The van der Waals surface area contributed by atoms with Crippen LogP contribution >= 0.6 is 11.8 Å². The second-order valence-corrected chi connectivity index (χ2v) is 6.04. The molecular formula is C17H14N2O4S. The quantitative estimate of drug-likeness (QED) is 0.861. The number of esters is 1. The number of para-hydroxylation sites is 1. The number of methoxy groups -OCH3 is 1. The van der Waals surface area contributed by atoms with Gasteiger partial charge in [-0.2, -0.15) is 0 Å². The van der Waals surface area contributed by atoms with Crippen LogP contribution in [0.2, 0.25) is 0 Å². The molecule has 0 spiro atoms. The molecule has 0 aromatic heterocycles. The summed E-state index contributed by atoms with van der Waals surface area (Å²) in [6.45, 7) is 0. The van der Waals surface area contributed by atoms with Crippen LogP contribution in [0.5, 0.6) is 0 Å². The molecule has 24 heavy (non-hydrogen) atoms. The number of thioether (sulfide) groups is 1. The Kier molecular flexibility index (Phi) is 4.52. The van der Waals surface area contributed by atoms with Gasteiger partial charge in [-0.15, -0.1) is 0 Å². The molecule has 6 nitrogen and oxygen atoms in total. The molecule has 1 aliphatic rings. The first-order valence-electron chi connectivity index (χ1n) is 7.14. The summed E-state index contributed by atoms with van der Waals surface area (Å²) in [5, 5.41) is 1.97. The molecule has 2 aromatic rings. The summed E-state index contributed by atoms with van der Waals surface area (Å²) in [6, 6.07) is 15.3. The summed E-state index contributed by atoms with van der Waals surface area (Å²) in [4.78, 5) is 37.2. The van der Waals surface area contributed by atoms with Crippen molar-refractivity contribution in [3.05, 3.63) is 60.2 Å². The SMILES string of the molecule is COC(=O)c1ccc(NC2SC(=O)N(c3ccccc3)C2=O)cc1. The van der Waals surface area contributed by atoms with Crippen molar-refractivity contribution in [1.82, 2.24) is 0 Å². The van der Waals surface area contributed by atoms with E-state index < -0.39 is 11.3 Å². The second-order valence-electron chi connectivity index (χ2n) is 4.99. The zero-order valence-electron chi connectivity index (χ0n) is 12.8. The average Bonchev–Trinajstić information content (AvgIpc) is 2.89. The highest BCUT2D eigenvalue weighted by Crippen LogP contribution is 2.32. The van der Waals surface area contributed by atoms with Gasteiger partial charge in [-0.25, -0.2) is 9.69 Å². The largest absolute Gasteiger partial charge is 0.465 e. The third kappa shape index (κ3) is 3.11. The standard InChI is InChI=1S/C17H14N2O4S/c1-23-16(21)11-7-9-12(10-8-11)18-14-15(20)19(17(22)24-14)13-5-3-2-4-6-13/h2-10,14,18H,1H3. The Morgan fingerprint density at radius 2 is 1.75 bits per heavy atom. The Morgan fingerprint density at radius 3 is 2.38 bits per heavy atom. The number of anilines is 2. The maximum atomic E-state index is 12.5. The van der Waals surface area contributed by atoms with Gasteiger partial charge in [0.2, 0.25) is 0 Å². The lowest BCUT2D eigenvalue weighted by Gasteiger charge is -2.14. The molecule has 2 aromatic carbocycles. The van der Waals surface area contributed by atoms with Crippen LogP contribution in [0.1, 0.15) is 10.4 Å². The molecule has 1 N–H and O–H groups in total. The van der Waals surface area contributed by atoms with E-state index in [2.05, 4.69) is 10.1 Å². The number of nitrogens with zero attached hydrogens (tertiary/aromatic N) is 1. The van der Waals surface area contributed by atoms with Crippen molar-refractivity contribution in [3.8, 4) is 0 Å². The first-order valence-corrected chi connectivity index (χ1v) is 8.02. The summed E-state index contributed by atoms with van der Waals surface area (Å²) in [5.41, 5.74) is 1.59. The Hall–Kier alpha value is -2.80. The number of ether oxygens (including phenoxy) is 1.